The van der Waals surface area contributed by atoms with Crippen LogP contribution in [0.15, 0.2) is 24.3 Å². The molecule has 116 valence electrons. The fourth-order valence-electron chi connectivity index (χ4n) is 2.53. The molecule has 0 aliphatic carbocycles. The quantitative estimate of drug-likeness (QED) is 0.928. The number of hydrogen-bond acceptors (Lipinski definition) is 3. The zero-order valence-electron chi connectivity index (χ0n) is 13.5. The Kier molecular flexibility index (Phi) is 4.76. The third kappa shape index (κ3) is 4.66. The molecule has 0 aromatic heterocycles. The molecular formula is C17H26N2O2. The lowest BCUT2D eigenvalue weighted by Crippen LogP contribution is -2.40. The van der Waals surface area contributed by atoms with Crippen molar-refractivity contribution in [2.24, 2.45) is 0 Å². The molecule has 21 heavy (non-hydrogen) atoms. The monoisotopic (exact) mass is 290 g/mol. The molecule has 4 heteroatoms. The van der Waals surface area contributed by atoms with Crippen LogP contribution in [-0.2, 0) is 11.2 Å². The first kappa shape index (κ1) is 15.7. The van der Waals surface area contributed by atoms with Crippen molar-refractivity contribution in [2.45, 2.75) is 52.2 Å². The van der Waals surface area contributed by atoms with E-state index in [0.717, 1.165) is 25.9 Å². The van der Waals surface area contributed by atoms with Crippen molar-refractivity contribution in [3.05, 3.63) is 29.8 Å². The molecule has 1 fully saturated rings. The van der Waals surface area contributed by atoms with E-state index in [0.29, 0.717) is 0 Å². The van der Waals surface area contributed by atoms with Crippen molar-refractivity contribution in [3.8, 4) is 0 Å². The molecule has 1 atom stereocenters. The van der Waals surface area contributed by atoms with E-state index in [4.69, 9.17) is 4.74 Å². The Balaban J connectivity index is 1.86. The second-order valence-corrected chi connectivity index (χ2v) is 6.60. The summed E-state index contributed by atoms with van der Waals surface area (Å²) in [6, 6.07) is 8.82. The van der Waals surface area contributed by atoms with E-state index in [1.807, 2.05) is 20.8 Å². The van der Waals surface area contributed by atoms with E-state index in [9.17, 15) is 4.79 Å². The van der Waals surface area contributed by atoms with Gasteiger partial charge < -0.3 is 15.0 Å². The van der Waals surface area contributed by atoms with E-state index in [1.165, 1.54) is 11.3 Å². The predicted octanol–water partition coefficient (Wildman–Crippen LogP) is 3.35. The van der Waals surface area contributed by atoms with Crippen LogP contribution in [0.25, 0.3) is 0 Å². The summed E-state index contributed by atoms with van der Waals surface area (Å²) in [6.45, 7) is 9.59. The zero-order chi connectivity index (χ0) is 15.5. The second kappa shape index (κ2) is 6.37. The van der Waals surface area contributed by atoms with Gasteiger partial charge in [0.2, 0.25) is 0 Å². The number of nitrogens with zero attached hydrogens (tertiary/aromatic N) is 1. The molecule has 1 aromatic carbocycles. The van der Waals surface area contributed by atoms with Crippen LogP contribution >= 0.6 is 0 Å². The number of amides is 1. The number of aryl methyl sites for hydroxylation is 1. The average molecular weight is 290 g/mol. The van der Waals surface area contributed by atoms with Gasteiger partial charge in [-0.3, -0.25) is 0 Å². The summed E-state index contributed by atoms with van der Waals surface area (Å²) in [5.74, 6) is 0. The molecule has 2 rings (SSSR count). The summed E-state index contributed by atoms with van der Waals surface area (Å²) in [5.41, 5.74) is 2.13. The van der Waals surface area contributed by atoms with Gasteiger partial charge in [-0.25, -0.2) is 4.79 Å². The SMILES string of the molecule is CCc1ccc(N2CCC(NC(=O)OC(C)(C)C)C2)cc1. The smallest absolute Gasteiger partial charge is 0.407 e. The van der Waals surface area contributed by atoms with Crippen molar-refractivity contribution in [1.29, 1.82) is 0 Å². The lowest BCUT2D eigenvalue weighted by molar-refractivity contribution is 0.0509. The molecule has 1 heterocycles. The van der Waals surface area contributed by atoms with Crippen molar-refractivity contribution in [1.82, 2.24) is 5.32 Å². The van der Waals surface area contributed by atoms with E-state index in [-0.39, 0.29) is 12.1 Å². The van der Waals surface area contributed by atoms with Crippen molar-refractivity contribution in [3.63, 3.8) is 0 Å². The highest BCUT2D eigenvalue weighted by atomic mass is 16.6. The number of alkyl carbamates (subject to hydrolysis) is 1. The largest absolute Gasteiger partial charge is 0.444 e. The first-order valence-corrected chi connectivity index (χ1v) is 7.71. The van der Waals surface area contributed by atoms with Gasteiger partial charge in [0.15, 0.2) is 0 Å². The molecule has 1 aromatic rings. The maximum Gasteiger partial charge on any atom is 0.407 e. The van der Waals surface area contributed by atoms with E-state index in [2.05, 4.69) is 41.4 Å². The first-order valence-electron chi connectivity index (χ1n) is 7.71. The summed E-state index contributed by atoms with van der Waals surface area (Å²) in [4.78, 5) is 14.1. The molecular weight excluding hydrogens is 264 g/mol. The summed E-state index contributed by atoms with van der Waals surface area (Å²) in [6.07, 6.45) is 1.69. The highest BCUT2D eigenvalue weighted by Crippen LogP contribution is 2.21. The maximum atomic E-state index is 11.8. The minimum atomic E-state index is -0.446. The van der Waals surface area contributed by atoms with E-state index < -0.39 is 5.60 Å². The van der Waals surface area contributed by atoms with Crippen molar-refractivity contribution in [2.75, 3.05) is 18.0 Å². The molecule has 1 saturated heterocycles. The molecule has 1 N–H and O–H groups in total. The molecule has 0 bridgehead atoms. The molecule has 1 amide bonds. The lowest BCUT2D eigenvalue weighted by Gasteiger charge is -2.22. The molecule has 1 unspecified atom stereocenters. The Morgan fingerprint density at radius 3 is 2.57 bits per heavy atom. The van der Waals surface area contributed by atoms with Crippen LogP contribution in [0.1, 0.15) is 39.7 Å². The Morgan fingerprint density at radius 2 is 2.00 bits per heavy atom. The fraction of sp³-hybridized carbons (Fsp3) is 0.588. The predicted molar refractivity (Wildman–Crippen MR) is 85.8 cm³/mol. The summed E-state index contributed by atoms with van der Waals surface area (Å²) < 4.78 is 5.30. The van der Waals surface area contributed by atoms with Gasteiger partial charge in [0.25, 0.3) is 0 Å². The Hall–Kier alpha value is -1.71. The number of ether oxygens (including phenoxy) is 1. The molecule has 1 aliphatic heterocycles. The maximum absolute atomic E-state index is 11.8. The third-order valence-corrected chi connectivity index (χ3v) is 3.62. The number of rotatable bonds is 3. The van der Waals surface area contributed by atoms with Gasteiger partial charge >= 0.3 is 6.09 Å². The first-order chi connectivity index (χ1) is 9.87. The molecule has 0 saturated carbocycles. The van der Waals surface area contributed by atoms with Gasteiger partial charge in [-0.15, -0.1) is 0 Å². The number of carbonyl (C=O) groups excluding carboxylic acids is 1. The van der Waals surface area contributed by atoms with Crippen molar-refractivity contribution >= 4 is 11.8 Å². The number of hydrogen-bond donors (Lipinski definition) is 1. The lowest BCUT2D eigenvalue weighted by atomic mass is 10.1. The van der Waals surface area contributed by atoms with E-state index >= 15 is 0 Å². The highest BCUT2D eigenvalue weighted by molar-refractivity contribution is 5.68. The molecule has 4 nitrogen and oxygen atoms in total. The standard InChI is InChI=1S/C17H26N2O2/c1-5-13-6-8-15(9-7-13)19-11-10-14(12-19)18-16(20)21-17(2,3)4/h6-9,14H,5,10-12H2,1-4H3,(H,18,20). The normalized spacial score (nSPS) is 18.7. The number of carbonyl (C=O) groups is 1. The summed E-state index contributed by atoms with van der Waals surface area (Å²) in [5, 5.41) is 2.95. The number of benzene rings is 1. The van der Waals surface area contributed by atoms with Crippen LogP contribution in [0.3, 0.4) is 0 Å². The van der Waals surface area contributed by atoms with Gasteiger partial charge in [0.05, 0.1) is 6.04 Å². The van der Waals surface area contributed by atoms with Crippen LogP contribution in [0, 0.1) is 0 Å². The third-order valence-electron chi connectivity index (χ3n) is 3.62. The highest BCUT2D eigenvalue weighted by Gasteiger charge is 2.26. The minimum Gasteiger partial charge on any atom is -0.444 e. The molecule has 0 radical (unpaired) electrons. The van der Waals surface area contributed by atoms with Crippen LogP contribution in [0.2, 0.25) is 0 Å². The molecule has 1 aliphatic rings. The average Bonchev–Trinajstić information content (AvgIpc) is 2.85. The number of anilines is 1. The summed E-state index contributed by atoms with van der Waals surface area (Å²) >= 11 is 0. The van der Waals surface area contributed by atoms with Crippen LogP contribution in [0.4, 0.5) is 10.5 Å². The topological polar surface area (TPSA) is 41.6 Å². The molecule has 0 spiro atoms. The van der Waals surface area contributed by atoms with Gasteiger partial charge in [0, 0.05) is 18.8 Å². The van der Waals surface area contributed by atoms with Gasteiger partial charge in [0.1, 0.15) is 5.60 Å². The van der Waals surface area contributed by atoms with Crippen molar-refractivity contribution < 1.29 is 9.53 Å². The van der Waals surface area contributed by atoms with Gasteiger partial charge in [-0.05, 0) is 51.3 Å². The van der Waals surface area contributed by atoms with Crippen LogP contribution in [-0.4, -0.2) is 30.8 Å². The van der Waals surface area contributed by atoms with Gasteiger partial charge in [-0.2, -0.15) is 0 Å². The van der Waals surface area contributed by atoms with Crippen LogP contribution in [0.5, 0.6) is 0 Å². The summed E-state index contributed by atoms with van der Waals surface area (Å²) in [7, 11) is 0. The fourth-order valence-corrected chi connectivity index (χ4v) is 2.53. The minimum absolute atomic E-state index is 0.158. The Bertz CT molecular complexity index is 477. The van der Waals surface area contributed by atoms with Crippen LogP contribution < -0.4 is 10.2 Å². The van der Waals surface area contributed by atoms with Gasteiger partial charge in [-0.1, -0.05) is 19.1 Å². The Labute approximate surface area is 127 Å². The van der Waals surface area contributed by atoms with E-state index in [1.54, 1.807) is 0 Å². The zero-order valence-corrected chi connectivity index (χ0v) is 13.5. The second-order valence-electron chi connectivity index (χ2n) is 6.60. The Morgan fingerprint density at radius 1 is 1.33 bits per heavy atom. The number of nitrogens with one attached hydrogen (secondary N) is 1.